The van der Waals surface area contributed by atoms with Crippen LogP contribution >= 0.6 is 0 Å². The van der Waals surface area contributed by atoms with Crippen LogP contribution in [0.5, 0.6) is 0 Å². The maximum atomic E-state index is 2.36. The van der Waals surface area contributed by atoms with Gasteiger partial charge in [0.05, 0.1) is 0 Å². The molecule has 0 aromatic heterocycles. The molecule has 0 saturated heterocycles. The molecule has 10 aromatic rings. The minimum Gasteiger partial charge on any atom is -0.311 e. The molecule has 0 aliphatic rings. The highest BCUT2D eigenvalue weighted by molar-refractivity contribution is 6.23. The van der Waals surface area contributed by atoms with E-state index in [4.69, 9.17) is 0 Å². The van der Waals surface area contributed by atoms with Crippen molar-refractivity contribution in [1.29, 1.82) is 0 Å². The summed E-state index contributed by atoms with van der Waals surface area (Å²) in [5, 5.41) is 12.8. The maximum Gasteiger partial charge on any atom is 0.0462 e. The maximum absolute atomic E-state index is 2.36. The topological polar surface area (TPSA) is 3.24 Å². The van der Waals surface area contributed by atoms with Crippen molar-refractivity contribution in [3.8, 4) is 22.3 Å². The van der Waals surface area contributed by atoms with E-state index in [1.54, 1.807) is 0 Å². The average molecular weight is 648 g/mol. The minimum atomic E-state index is 1.12. The summed E-state index contributed by atoms with van der Waals surface area (Å²) in [5.74, 6) is 0. The summed E-state index contributed by atoms with van der Waals surface area (Å²) in [4.78, 5) is 2.34. The Bertz CT molecular complexity index is 2890. The number of benzene rings is 10. The molecule has 1 heteroatoms. The first-order valence-corrected chi connectivity index (χ1v) is 17.6. The summed E-state index contributed by atoms with van der Waals surface area (Å²) in [6.45, 7) is 0. The Morgan fingerprint density at radius 1 is 0.255 bits per heavy atom. The molecule has 0 unspecified atom stereocenters. The third-order valence-corrected chi connectivity index (χ3v) is 10.4. The van der Waals surface area contributed by atoms with Gasteiger partial charge in [-0.1, -0.05) is 152 Å². The van der Waals surface area contributed by atoms with E-state index < -0.39 is 0 Å². The van der Waals surface area contributed by atoms with Crippen molar-refractivity contribution in [2.24, 2.45) is 0 Å². The highest BCUT2D eigenvalue weighted by Crippen LogP contribution is 2.41. The van der Waals surface area contributed by atoms with E-state index >= 15 is 0 Å². The molecular weight excluding hydrogens is 615 g/mol. The summed E-state index contributed by atoms with van der Waals surface area (Å²) in [6.07, 6.45) is 0. The number of hydrogen-bond acceptors (Lipinski definition) is 1. The van der Waals surface area contributed by atoms with Crippen LogP contribution < -0.4 is 4.90 Å². The minimum absolute atomic E-state index is 1.12. The number of para-hydroxylation sites is 1. The van der Waals surface area contributed by atoms with Crippen LogP contribution in [0.25, 0.3) is 76.1 Å². The number of fused-ring (bicyclic) bond motifs is 8. The molecule has 0 amide bonds. The Labute approximate surface area is 297 Å². The first kappa shape index (κ1) is 29.2. The van der Waals surface area contributed by atoms with Crippen LogP contribution in [0.4, 0.5) is 17.1 Å². The number of hydrogen-bond donors (Lipinski definition) is 0. The van der Waals surface area contributed by atoms with Crippen molar-refractivity contribution in [1.82, 2.24) is 0 Å². The molecule has 0 spiro atoms. The fourth-order valence-electron chi connectivity index (χ4n) is 8.01. The molecule has 0 N–H and O–H groups in total. The molecular formula is C50H33N. The van der Waals surface area contributed by atoms with Crippen molar-refractivity contribution in [2.75, 3.05) is 4.90 Å². The fraction of sp³-hybridized carbons (Fsp3) is 0. The smallest absolute Gasteiger partial charge is 0.0462 e. The largest absolute Gasteiger partial charge is 0.311 e. The lowest BCUT2D eigenvalue weighted by Gasteiger charge is -2.26. The molecule has 1 nitrogen and oxygen atoms in total. The van der Waals surface area contributed by atoms with Gasteiger partial charge in [-0.05, 0) is 125 Å². The van der Waals surface area contributed by atoms with Crippen LogP contribution in [0.1, 0.15) is 0 Å². The molecule has 0 heterocycles. The van der Waals surface area contributed by atoms with Crippen molar-refractivity contribution in [2.45, 2.75) is 0 Å². The lowest BCUT2D eigenvalue weighted by molar-refractivity contribution is 1.28. The second kappa shape index (κ2) is 12.0. The van der Waals surface area contributed by atoms with Crippen molar-refractivity contribution in [3.05, 3.63) is 200 Å². The quantitative estimate of drug-likeness (QED) is 0.168. The Kier molecular flexibility index (Phi) is 6.89. The molecule has 0 bridgehead atoms. The van der Waals surface area contributed by atoms with Gasteiger partial charge in [-0.3, -0.25) is 0 Å². The van der Waals surface area contributed by atoms with Gasteiger partial charge in [-0.15, -0.1) is 0 Å². The highest BCUT2D eigenvalue weighted by Gasteiger charge is 2.16. The van der Waals surface area contributed by atoms with Gasteiger partial charge in [0.1, 0.15) is 0 Å². The number of anilines is 3. The molecule has 10 rings (SSSR count). The Morgan fingerprint density at radius 2 is 0.686 bits per heavy atom. The van der Waals surface area contributed by atoms with Crippen molar-refractivity contribution >= 4 is 70.9 Å². The second-order valence-corrected chi connectivity index (χ2v) is 13.3. The number of nitrogens with zero attached hydrogens (tertiary/aromatic N) is 1. The van der Waals surface area contributed by atoms with Gasteiger partial charge in [0.25, 0.3) is 0 Å². The Hall–Kier alpha value is -6.70. The zero-order valence-corrected chi connectivity index (χ0v) is 28.0. The monoisotopic (exact) mass is 647 g/mol. The molecule has 0 saturated carbocycles. The van der Waals surface area contributed by atoms with Gasteiger partial charge in [0.2, 0.25) is 0 Å². The first-order valence-electron chi connectivity index (χ1n) is 17.6. The summed E-state index contributed by atoms with van der Waals surface area (Å²) in [7, 11) is 0. The molecule has 10 aromatic carbocycles. The predicted molar refractivity (Wildman–Crippen MR) is 220 cm³/mol. The van der Waals surface area contributed by atoms with Gasteiger partial charge in [0, 0.05) is 17.1 Å². The Morgan fingerprint density at radius 3 is 1.33 bits per heavy atom. The molecule has 51 heavy (non-hydrogen) atoms. The van der Waals surface area contributed by atoms with Crippen molar-refractivity contribution < 1.29 is 0 Å². The molecule has 0 atom stereocenters. The van der Waals surface area contributed by atoms with Crippen molar-refractivity contribution in [3.63, 3.8) is 0 Å². The molecule has 0 radical (unpaired) electrons. The van der Waals surface area contributed by atoms with Gasteiger partial charge >= 0.3 is 0 Å². The summed E-state index contributed by atoms with van der Waals surface area (Å²) in [6, 6.07) is 72.9. The summed E-state index contributed by atoms with van der Waals surface area (Å²) in [5.41, 5.74) is 8.27. The van der Waals surface area contributed by atoms with Crippen LogP contribution in [0.15, 0.2) is 200 Å². The van der Waals surface area contributed by atoms with Crippen LogP contribution in [0.3, 0.4) is 0 Å². The molecule has 0 fully saturated rings. The third kappa shape index (κ3) is 4.94. The lowest BCUT2D eigenvalue weighted by atomic mass is 9.90. The molecule has 0 aliphatic carbocycles. The van der Waals surface area contributed by atoms with E-state index in [0.717, 1.165) is 17.1 Å². The van der Waals surface area contributed by atoms with Crippen LogP contribution in [0, 0.1) is 0 Å². The Balaban J connectivity index is 1.07. The van der Waals surface area contributed by atoms with E-state index in [1.807, 2.05) is 0 Å². The van der Waals surface area contributed by atoms with E-state index in [1.165, 1.54) is 76.1 Å². The SMILES string of the molecule is c1ccc(N(c2ccc(-c3cc4ccccc4c4ccccc34)cc2)c2ccc(-c3cc4ccc5ccccc5c4c4ccccc34)cc2)cc1. The van der Waals surface area contributed by atoms with Gasteiger partial charge < -0.3 is 4.90 Å². The summed E-state index contributed by atoms with van der Waals surface area (Å²) < 4.78 is 0. The average Bonchev–Trinajstić information content (AvgIpc) is 3.21. The zero-order chi connectivity index (χ0) is 33.7. The lowest BCUT2D eigenvalue weighted by Crippen LogP contribution is -2.09. The van der Waals surface area contributed by atoms with E-state index in [9.17, 15) is 0 Å². The van der Waals surface area contributed by atoms with Crippen LogP contribution in [-0.2, 0) is 0 Å². The zero-order valence-electron chi connectivity index (χ0n) is 28.0. The van der Waals surface area contributed by atoms with Gasteiger partial charge in [-0.2, -0.15) is 0 Å². The van der Waals surface area contributed by atoms with Gasteiger partial charge in [0.15, 0.2) is 0 Å². The third-order valence-electron chi connectivity index (χ3n) is 10.4. The standard InChI is InChI=1S/C50H33N/c1-2-14-39(15-3-1)51(40-28-24-35(25-29-40)48-32-37-13-5-6-16-42(37)44-18-8-9-19-45(44)48)41-30-26-36(27-31-41)49-33-38-23-22-34-12-4-7-17-43(34)50(38)47-21-11-10-20-46(47)49/h1-33H. The van der Waals surface area contributed by atoms with E-state index in [0.29, 0.717) is 0 Å². The fourth-order valence-corrected chi connectivity index (χ4v) is 8.01. The van der Waals surface area contributed by atoms with E-state index in [2.05, 4.69) is 205 Å². The normalized spacial score (nSPS) is 11.5. The van der Waals surface area contributed by atoms with Crippen LogP contribution in [0.2, 0.25) is 0 Å². The predicted octanol–water partition coefficient (Wildman–Crippen LogP) is 14.3. The highest BCUT2D eigenvalue weighted by atomic mass is 15.1. The number of rotatable bonds is 5. The molecule has 0 aliphatic heterocycles. The van der Waals surface area contributed by atoms with Gasteiger partial charge in [-0.25, -0.2) is 0 Å². The van der Waals surface area contributed by atoms with Crippen LogP contribution in [-0.4, -0.2) is 0 Å². The first-order chi connectivity index (χ1) is 25.3. The summed E-state index contributed by atoms with van der Waals surface area (Å²) >= 11 is 0. The molecule has 238 valence electrons. The second-order valence-electron chi connectivity index (χ2n) is 13.3. The van der Waals surface area contributed by atoms with E-state index in [-0.39, 0.29) is 0 Å².